The summed E-state index contributed by atoms with van der Waals surface area (Å²) in [5.41, 5.74) is 1.88. The summed E-state index contributed by atoms with van der Waals surface area (Å²) in [4.78, 5) is 14.0. The Morgan fingerprint density at radius 1 is 1.47 bits per heavy atom. The lowest BCUT2D eigenvalue weighted by molar-refractivity contribution is -0.136. The van der Waals surface area contributed by atoms with Crippen molar-refractivity contribution in [2.24, 2.45) is 0 Å². The van der Waals surface area contributed by atoms with Crippen LogP contribution in [0.3, 0.4) is 0 Å². The van der Waals surface area contributed by atoms with Gasteiger partial charge in [0, 0.05) is 16.5 Å². The second kappa shape index (κ2) is 3.98. The highest BCUT2D eigenvalue weighted by Crippen LogP contribution is 2.28. The summed E-state index contributed by atoms with van der Waals surface area (Å²) in [7, 11) is 0. The van der Waals surface area contributed by atoms with E-state index in [0.29, 0.717) is 0 Å². The number of hydrogen-bond acceptors (Lipinski definition) is 2. The largest absolute Gasteiger partial charge is 0.481 e. The Morgan fingerprint density at radius 3 is 2.87 bits per heavy atom. The van der Waals surface area contributed by atoms with Gasteiger partial charge < -0.3 is 10.1 Å². The smallest absolute Gasteiger partial charge is 0.307 e. The van der Waals surface area contributed by atoms with E-state index in [2.05, 4.69) is 4.98 Å². The van der Waals surface area contributed by atoms with Crippen molar-refractivity contribution in [2.45, 2.75) is 11.4 Å². The van der Waals surface area contributed by atoms with Gasteiger partial charge in [0.25, 0.3) is 0 Å². The molecule has 2 N–H and O–H groups in total. The summed E-state index contributed by atoms with van der Waals surface area (Å²) in [6.07, 6.45) is 2.01. The zero-order chi connectivity index (χ0) is 10.8. The number of carbonyl (C=O) groups is 1. The molecule has 0 saturated heterocycles. The van der Waals surface area contributed by atoms with E-state index in [1.807, 2.05) is 30.5 Å². The summed E-state index contributed by atoms with van der Waals surface area (Å²) in [5, 5.41) is 10.8. The van der Waals surface area contributed by atoms with Gasteiger partial charge in [-0.1, -0.05) is 18.2 Å². The molecule has 0 bridgehead atoms. The molecule has 0 spiro atoms. The van der Waals surface area contributed by atoms with Gasteiger partial charge in [0.15, 0.2) is 0 Å². The zero-order valence-electron chi connectivity index (χ0n) is 8.28. The van der Waals surface area contributed by atoms with Crippen molar-refractivity contribution in [1.82, 2.24) is 4.98 Å². The van der Waals surface area contributed by atoms with E-state index in [1.54, 1.807) is 11.8 Å². The van der Waals surface area contributed by atoms with Gasteiger partial charge in [0.2, 0.25) is 0 Å². The molecule has 4 heteroatoms. The van der Waals surface area contributed by atoms with Gasteiger partial charge >= 0.3 is 5.97 Å². The highest BCUT2D eigenvalue weighted by atomic mass is 32.2. The van der Waals surface area contributed by atoms with Crippen LogP contribution < -0.4 is 0 Å². The lowest BCUT2D eigenvalue weighted by atomic mass is 10.1. The van der Waals surface area contributed by atoms with Crippen molar-refractivity contribution >= 4 is 28.6 Å². The van der Waals surface area contributed by atoms with Crippen molar-refractivity contribution < 1.29 is 9.90 Å². The second-order valence-electron chi connectivity index (χ2n) is 3.25. The quantitative estimate of drug-likeness (QED) is 0.783. The van der Waals surface area contributed by atoms with Crippen LogP contribution in [0.2, 0.25) is 0 Å². The molecule has 2 rings (SSSR count). The highest BCUT2D eigenvalue weighted by Gasteiger charge is 2.12. The van der Waals surface area contributed by atoms with E-state index >= 15 is 0 Å². The Labute approximate surface area is 91.5 Å². The standard InChI is InChI=1S/C11H11NO2S/c1-15-11-8(6-10(13)14)7-4-2-3-5-9(7)12-11/h2-5,12H,6H2,1H3,(H,13,14). The molecule has 0 aliphatic heterocycles. The predicted molar refractivity (Wildman–Crippen MR) is 61.4 cm³/mol. The molecule has 2 aromatic rings. The Hall–Kier alpha value is -1.42. The second-order valence-corrected chi connectivity index (χ2v) is 4.07. The van der Waals surface area contributed by atoms with Crippen LogP contribution in [-0.2, 0) is 11.2 Å². The SMILES string of the molecule is CSc1[nH]c2ccccc2c1CC(=O)O. The number of para-hydroxylation sites is 1. The molecule has 0 radical (unpaired) electrons. The summed E-state index contributed by atoms with van der Waals surface area (Å²) in [6, 6.07) is 7.77. The first-order chi connectivity index (χ1) is 7.22. The van der Waals surface area contributed by atoms with Crippen LogP contribution in [0.4, 0.5) is 0 Å². The van der Waals surface area contributed by atoms with Gasteiger partial charge in [0.05, 0.1) is 11.4 Å². The third-order valence-electron chi connectivity index (χ3n) is 2.31. The normalized spacial score (nSPS) is 10.7. The average Bonchev–Trinajstić information content (AvgIpc) is 2.56. The van der Waals surface area contributed by atoms with Crippen molar-refractivity contribution in [1.29, 1.82) is 0 Å². The third kappa shape index (κ3) is 1.85. The van der Waals surface area contributed by atoms with Crippen LogP contribution >= 0.6 is 11.8 Å². The molecule has 15 heavy (non-hydrogen) atoms. The first kappa shape index (κ1) is 10.1. The number of aliphatic carboxylic acids is 1. The average molecular weight is 221 g/mol. The van der Waals surface area contributed by atoms with Crippen LogP contribution in [0.5, 0.6) is 0 Å². The monoisotopic (exact) mass is 221 g/mol. The molecule has 3 nitrogen and oxygen atoms in total. The Bertz CT molecular complexity index is 504. The van der Waals surface area contributed by atoms with E-state index in [-0.39, 0.29) is 6.42 Å². The fraction of sp³-hybridized carbons (Fsp3) is 0.182. The van der Waals surface area contributed by atoms with Gasteiger partial charge in [-0.2, -0.15) is 0 Å². The Kier molecular flexibility index (Phi) is 2.68. The summed E-state index contributed by atoms with van der Waals surface area (Å²) in [5.74, 6) is -0.796. The molecule has 0 saturated carbocycles. The molecule has 0 unspecified atom stereocenters. The number of carboxylic acids is 1. The van der Waals surface area contributed by atoms with Crippen molar-refractivity contribution in [3.8, 4) is 0 Å². The number of benzene rings is 1. The van der Waals surface area contributed by atoms with E-state index in [0.717, 1.165) is 21.5 Å². The number of H-pyrrole nitrogens is 1. The van der Waals surface area contributed by atoms with Gasteiger partial charge in [-0.05, 0) is 12.3 Å². The van der Waals surface area contributed by atoms with Crippen LogP contribution in [0.15, 0.2) is 29.3 Å². The number of fused-ring (bicyclic) bond motifs is 1. The molecular formula is C11H11NO2S. The fourth-order valence-corrected chi connectivity index (χ4v) is 2.32. The summed E-state index contributed by atoms with van der Waals surface area (Å²) >= 11 is 1.54. The number of carboxylic acid groups (broad SMARTS) is 1. The van der Waals surface area contributed by atoms with Crippen molar-refractivity contribution in [2.75, 3.05) is 6.26 Å². The maximum absolute atomic E-state index is 10.8. The van der Waals surface area contributed by atoms with Crippen LogP contribution in [0.25, 0.3) is 10.9 Å². The number of thioether (sulfide) groups is 1. The van der Waals surface area contributed by atoms with Gasteiger partial charge in [-0.25, -0.2) is 0 Å². The number of hydrogen-bond donors (Lipinski definition) is 2. The lowest BCUT2D eigenvalue weighted by Gasteiger charge is -1.97. The molecule has 0 atom stereocenters. The molecule has 0 amide bonds. The van der Waals surface area contributed by atoms with E-state index in [9.17, 15) is 4.79 Å². The molecule has 0 aliphatic rings. The van der Waals surface area contributed by atoms with E-state index < -0.39 is 5.97 Å². The van der Waals surface area contributed by atoms with Crippen molar-refractivity contribution in [3.63, 3.8) is 0 Å². The number of rotatable bonds is 3. The van der Waals surface area contributed by atoms with Crippen LogP contribution in [0.1, 0.15) is 5.56 Å². The minimum Gasteiger partial charge on any atom is -0.481 e. The predicted octanol–water partition coefficient (Wildman–Crippen LogP) is 2.52. The summed E-state index contributed by atoms with van der Waals surface area (Å²) < 4.78 is 0. The minimum atomic E-state index is -0.796. The topological polar surface area (TPSA) is 53.1 Å². The molecule has 1 aromatic heterocycles. The fourth-order valence-electron chi connectivity index (χ4n) is 1.68. The zero-order valence-corrected chi connectivity index (χ0v) is 9.10. The van der Waals surface area contributed by atoms with Gasteiger partial charge in [-0.3, -0.25) is 4.79 Å². The van der Waals surface area contributed by atoms with Crippen LogP contribution in [-0.4, -0.2) is 22.3 Å². The van der Waals surface area contributed by atoms with E-state index in [4.69, 9.17) is 5.11 Å². The molecular weight excluding hydrogens is 210 g/mol. The maximum atomic E-state index is 10.8. The molecule has 0 aliphatic carbocycles. The number of aromatic nitrogens is 1. The maximum Gasteiger partial charge on any atom is 0.307 e. The number of nitrogens with one attached hydrogen (secondary N) is 1. The lowest BCUT2D eigenvalue weighted by Crippen LogP contribution is -2.00. The first-order valence-electron chi connectivity index (χ1n) is 4.57. The number of aromatic amines is 1. The summed E-state index contributed by atoms with van der Waals surface area (Å²) in [6.45, 7) is 0. The molecule has 0 fully saturated rings. The van der Waals surface area contributed by atoms with Gasteiger partial charge in [0.1, 0.15) is 0 Å². The van der Waals surface area contributed by atoms with Crippen LogP contribution in [0, 0.1) is 0 Å². The molecule has 1 heterocycles. The van der Waals surface area contributed by atoms with Gasteiger partial charge in [-0.15, -0.1) is 11.8 Å². The minimum absolute atomic E-state index is 0.0696. The Balaban J connectivity index is 2.61. The molecule has 1 aromatic carbocycles. The van der Waals surface area contributed by atoms with E-state index in [1.165, 1.54) is 0 Å². The van der Waals surface area contributed by atoms with Crippen molar-refractivity contribution in [3.05, 3.63) is 29.8 Å². The first-order valence-corrected chi connectivity index (χ1v) is 5.80. The highest BCUT2D eigenvalue weighted by molar-refractivity contribution is 7.98. The Morgan fingerprint density at radius 2 is 2.20 bits per heavy atom. The molecule has 78 valence electrons. The third-order valence-corrected chi connectivity index (χ3v) is 3.06.